The lowest BCUT2D eigenvalue weighted by Gasteiger charge is -2.03. The Kier molecular flexibility index (Phi) is 5.44. The summed E-state index contributed by atoms with van der Waals surface area (Å²) < 4.78 is 1.08. The van der Waals surface area contributed by atoms with E-state index in [1.807, 2.05) is 19.1 Å². The van der Waals surface area contributed by atoms with E-state index in [9.17, 15) is 4.79 Å². The number of amides is 1. The second-order valence-electron chi connectivity index (χ2n) is 5.06. The van der Waals surface area contributed by atoms with Gasteiger partial charge in [0.25, 0.3) is 5.91 Å². The Bertz CT molecular complexity index is 606. The molecule has 1 aromatic heterocycles. The molecule has 0 spiro atoms. The van der Waals surface area contributed by atoms with Crippen LogP contribution in [0.3, 0.4) is 0 Å². The summed E-state index contributed by atoms with van der Waals surface area (Å²) >= 11 is 7.79. The predicted octanol–water partition coefficient (Wildman–Crippen LogP) is 5.17. The Hall–Kier alpha value is -1.06. The molecule has 0 aliphatic carbocycles. The molecule has 108 valence electrons. The average Bonchev–Trinajstić information content (AvgIpc) is 2.75. The number of carbonyl (C=O) groups is 1. The van der Waals surface area contributed by atoms with Crippen molar-refractivity contribution in [2.24, 2.45) is 0 Å². The molecule has 2 nitrogen and oxygen atoms in total. The lowest BCUT2D eigenvalue weighted by molar-refractivity contribution is 0.0957. The highest BCUT2D eigenvalue weighted by atomic mass is 35.5. The first-order valence-electron chi connectivity index (χ1n) is 7.10. The highest BCUT2D eigenvalue weighted by Crippen LogP contribution is 2.35. The van der Waals surface area contributed by atoms with Gasteiger partial charge < -0.3 is 5.32 Å². The molecule has 0 saturated carbocycles. The van der Waals surface area contributed by atoms with E-state index in [1.54, 1.807) is 0 Å². The van der Waals surface area contributed by atoms with Crippen molar-refractivity contribution in [3.8, 4) is 0 Å². The van der Waals surface area contributed by atoms with Crippen LogP contribution in [-0.4, -0.2) is 12.5 Å². The molecule has 0 aliphatic rings. The van der Waals surface area contributed by atoms with Crippen molar-refractivity contribution in [1.29, 1.82) is 0 Å². The van der Waals surface area contributed by atoms with Crippen LogP contribution in [0.4, 0.5) is 0 Å². The zero-order chi connectivity index (χ0) is 14.5. The lowest BCUT2D eigenvalue weighted by atomic mass is 10.2. The van der Waals surface area contributed by atoms with Crippen LogP contribution in [0.15, 0.2) is 18.2 Å². The van der Waals surface area contributed by atoms with Gasteiger partial charge in [0, 0.05) is 16.6 Å². The normalized spacial score (nSPS) is 10.9. The molecule has 0 aliphatic heterocycles. The summed E-state index contributed by atoms with van der Waals surface area (Å²) in [4.78, 5) is 12.8. The highest BCUT2D eigenvalue weighted by molar-refractivity contribution is 7.21. The number of hydrogen-bond acceptors (Lipinski definition) is 2. The number of benzene rings is 1. The van der Waals surface area contributed by atoms with Crippen molar-refractivity contribution < 1.29 is 4.79 Å². The van der Waals surface area contributed by atoms with E-state index in [0.717, 1.165) is 29.5 Å². The predicted molar refractivity (Wildman–Crippen MR) is 88.0 cm³/mol. The van der Waals surface area contributed by atoms with Crippen LogP contribution in [0.25, 0.3) is 10.1 Å². The van der Waals surface area contributed by atoms with Crippen LogP contribution in [0.5, 0.6) is 0 Å². The molecule has 2 rings (SSSR count). The Morgan fingerprint density at radius 3 is 2.85 bits per heavy atom. The van der Waals surface area contributed by atoms with E-state index in [-0.39, 0.29) is 5.91 Å². The minimum Gasteiger partial charge on any atom is -0.351 e. The fraction of sp³-hybridized carbons (Fsp3) is 0.438. The zero-order valence-electron chi connectivity index (χ0n) is 12.0. The first-order valence-corrected chi connectivity index (χ1v) is 8.29. The standard InChI is InChI=1S/C16H20ClNOS/c1-3-4-5-6-9-18-16(19)15-14(17)12-8-7-11(2)10-13(12)20-15/h7-8,10H,3-6,9H2,1-2H3,(H,18,19). The topological polar surface area (TPSA) is 29.1 Å². The number of hydrogen-bond donors (Lipinski definition) is 1. The summed E-state index contributed by atoms with van der Waals surface area (Å²) in [5.41, 5.74) is 1.18. The summed E-state index contributed by atoms with van der Waals surface area (Å²) in [5.74, 6) is -0.0506. The number of fused-ring (bicyclic) bond motifs is 1. The van der Waals surface area contributed by atoms with Gasteiger partial charge in [0.15, 0.2) is 0 Å². The van der Waals surface area contributed by atoms with Gasteiger partial charge in [-0.3, -0.25) is 4.79 Å². The van der Waals surface area contributed by atoms with E-state index < -0.39 is 0 Å². The van der Waals surface area contributed by atoms with Crippen molar-refractivity contribution in [3.63, 3.8) is 0 Å². The Labute approximate surface area is 129 Å². The van der Waals surface area contributed by atoms with Gasteiger partial charge in [-0.15, -0.1) is 11.3 Å². The zero-order valence-corrected chi connectivity index (χ0v) is 13.5. The van der Waals surface area contributed by atoms with Gasteiger partial charge in [0.1, 0.15) is 4.88 Å². The molecule has 0 saturated heterocycles. The number of aryl methyl sites for hydroxylation is 1. The van der Waals surface area contributed by atoms with Gasteiger partial charge in [-0.25, -0.2) is 0 Å². The smallest absolute Gasteiger partial charge is 0.262 e. The van der Waals surface area contributed by atoms with Crippen molar-refractivity contribution in [2.45, 2.75) is 39.5 Å². The van der Waals surface area contributed by atoms with Gasteiger partial charge in [0.2, 0.25) is 0 Å². The number of carbonyl (C=O) groups excluding carboxylic acids is 1. The molecule has 20 heavy (non-hydrogen) atoms. The number of nitrogens with one attached hydrogen (secondary N) is 1. The monoisotopic (exact) mass is 309 g/mol. The minimum absolute atomic E-state index is 0.0506. The largest absolute Gasteiger partial charge is 0.351 e. The molecule has 0 atom stereocenters. The van der Waals surface area contributed by atoms with Crippen molar-refractivity contribution >= 4 is 38.9 Å². The molecule has 1 heterocycles. The van der Waals surface area contributed by atoms with E-state index in [2.05, 4.69) is 18.3 Å². The second-order valence-corrected chi connectivity index (χ2v) is 6.49. The van der Waals surface area contributed by atoms with Crippen LogP contribution in [0, 0.1) is 6.92 Å². The molecule has 4 heteroatoms. The number of halogens is 1. The second kappa shape index (κ2) is 7.09. The Balaban J connectivity index is 2.04. The fourth-order valence-corrected chi connectivity index (χ4v) is 3.68. The summed E-state index contributed by atoms with van der Waals surface area (Å²) in [6, 6.07) is 6.08. The quantitative estimate of drug-likeness (QED) is 0.732. The Morgan fingerprint density at radius 1 is 1.30 bits per heavy atom. The van der Waals surface area contributed by atoms with Crippen molar-refractivity contribution in [3.05, 3.63) is 33.7 Å². The van der Waals surface area contributed by atoms with Crippen molar-refractivity contribution in [2.75, 3.05) is 6.54 Å². The third kappa shape index (κ3) is 3.53. The summed E-state index contributed by atoms with van der Waals surface area (Å²) in [7, 11) is 0. The molecule has 1 aromatic carbocycles. The van der Waals surface area contributed by atoms with E-state index in [1.165, 1.54) is 29.7 Å². The van der Waals surface area contributed by atoms with Crippen LogP contribution in [0.1, 0.15) is 47.8 Å². The maximum absolute atomic E-state index is 12.2. The van der Waals surface area contributed by atoms with Gasteiger partial charge in [-0.1, -0.05) is 49.9 Å². The molecule has 0 unspecified atom stereocenters. The maximum Gasteiger partial charge on any atom is 0.262 e. The minimum atomic E-state index is -0.0506. The number of thiophene rings is 1. The molecule has 2 aromatic rings. The van der Waals surface area contributed by atoms with Gasteiger partial charge >= 0.3 is 0 Å². The fourth-order valence-electron chi connectivity index (χ4n) is 2.15. The van der Waals surface area contributed by atoms with Gasteiger partial charge in [-0.05, 0) is 25.0 Å². The highest BCUT2D eigenvalue weighted by Gasteiger charge is 2.16. The van der Waals surface area contributed by atoms with Crippen LogP contribution in [0.2, 0.25) is 5.02 Å². The number of rotatable bonds is 6. The lowest BCUT2D eigenvalue weighted by Crippen LogP contribution is -2.23. The van der Waals surface area contributed by atoms with E-state index in [4.69, 9.17) is 11.6 Å². The van der Waals surface area contributed by atoms with Crippen LogP contribution >= 0.6 is 22.9 Å². The number of unbranched alkanes of at least 4 members (excludes halogenated alkanes) is 3. The first-order chi connectivity index (χ1) is 9.63. The molecular formula is C16H20ClNOS. The molecular weight excluding hydrogens is 290 g/mol. The molecule has 1 amide bonds. The van der Waals surface area contributed by atoms with E-state index in [0.29, 0.717) is 9.90 Å². The first kappa shape index (κ1) is 15.3. The summed E-state index contributed by atoms with van der Waals surface area (Å²) in [6.45, 7) is 4.94. The summed E-state index contributed by atoms with van der Waals surface area (Å²) in [5, 5.41) is 4.51. The van der Waals surface area contributed by atoms with E-state index >= 15 is 0 Å². The molecule has 0 radical (unpaired) electrons. The molecule has 0 fully saturated rings. The van der Waals surface area contributed by atoms with Gasteiger partial charge in [0.05, 0.1) is 5.02 Å². The molecule has 1 N–H and O–H groups in total. The SMILES string of the molecule is CCCCCCNC(=O)c1sc2cc(C)ccc2c1Cl. The van der Waals surface area contributed by atoms with Gasteiger partial charge in [-0.2, -0.15) is 0 Å². The third-order valence-corrected chi connectivity index (χ3v) is 4.96. The van der Waals surface area contributed by atoms with Crippen LogP contribution in [-0.2, 0) is 0 Å². The van der Waals surface area contributed by atoms with Crippen LogP contribution < -0.4 is 5.32 Å². The third-order valence-electron chi connectivity index (χ3n) is 3.31. The molecule has 0 bridgehead atoms. The van der Waals surface area contributed by atoms with Crippen molar-refractivity contribution in [1.82, 2.24) is 5.32 Å². The maximum atomic E-state index is 12.2. The summed E-state index contributed by atoms with van der Waals surface area (Å²) in [6.07, 6.45) is 4.62. The average molecular weight is 310 g/mol. The Morgan fingerprint density at radius 2 is 2.10 bits per heavy atom.